The lowest BCUT2D eigenvalue weighted by atomic mass is 10.1. The monoisotopic (exact) mass is 298 g/mol. The zero-order chi connectivity index (χ0) is 14.5. The Morgan fingerprint density at radius 2 is 2.10 bits per heavy atom. The van der Waals surface area contributed by atoms with Crippen LogP contribution in [0.5, 0.6) is 0 Å². The van der Waals surface area contributed by atoms with Crippen LogP contribution in [0.15, 0.2) is 6.20 Å². The van der Waals surface area contributed by atoms with Gasteiger partial charge in [-0.2, -0.15) is 0 Å². The second-order valence-corrected chi connectivity index (χ2v) is 6.64. The van der Waals surface area contributed by atoms with Gasteiger partial charge in [-0.1, -0.05) is 0 Å². The van der Waals surface area contributed by atoms with Crippen LogP contribution in [-0.2, 0) is 11.3 Å². The van der Waals surface area contributed by atoms with Gasteiger partial charge in [-0.15, -0.1) is 11.3 Å². The predicted octanol–water partition coefficient (Wildman–Crippen LogP) is 1.41. The Kier molecular flexibility index (Phi) is 5.77. The van der Waals surface area contributed by atoms with Crippen molar-refractivity contribution in [3.63, 3.8) is 0 Å². The van der Waals surface area contributed by atoms with E-state index in [0.717, 1.165) is 37.9 Å². The maximum absolute atomic E-state index is 5.03. The molecule has 2 atom stereocenters. The topological polar surface area (TPSA) is 40.6 Å². The van der Waals surface area contributed by atoms with Gasteiger partial charge < -0.3 is 15.0 Å². The summed E-state index contributed by atoms with van der Waals surface area (Å²) in [6.45, 7) is 9.19. The Bertz CT molecular complexity index is 400. The molecule has 1 saturated heterocycles. The first-order valence-electron chi connectivity index (χ1n) is 7.23. The largest absolute Gasteiger partial charge is 0.383 e. The van der Waals surface area contributed by atoms with Gasteiger partial charge in [-0.3, -0.25) is 4.90 Å². The third-order valence-corrected chi connectivity index (χ3v) is 5.01. The van der Waals surface area contributed by atoms with Gasteiger partial charge in [0.15, 0.2) is 5.13 Å². The number of piperazine rings is 1. The van der Waals surface area contributed by atoms with Crippen molar-refractivity contribution in [3.05, 3.63) is 11.1 Å². The van der Waals surface area contributed by atoms with E-state index >= 15 is 0 Å². The number of likely N-dealkylation sites (N-methyl/N-ethyl adjacent to an activating group) is 1. The first-order chi connectivity index (χ1) is 9.61. The molecular weight excluding hydrogens is 272 g/mol. The van der Waals surface area contributed by atoms with Gasteiger partial charge >= 0.3 is 0 Å². The van der Waals surface area contributed by atoms with Crippen LogP contribution in [0.3, 0.4) is 0 Å². The van der Waals surface area contributed by atoms with Crippen LogP contribution >= 0.6 is 11.3 Å². The molecule has 0 spiro atoms. The maximum Gasteiger partial charge on any atom is 0.185 e. The highest BCUT2D eigenvalue weighted by Crippen LogP contribution is 2.26. The summed E-state index contributed by atoms with van der Waals surface area (Å²) in [5.74, 6) is 0. The Labute approximate surface area is 125 Å². The smallest absolute Gasteiger partial charge is 0.185 e. The van der Waals surface area contributed by atoms with Gasteiger partial charge in [0.1, 0.15) is 0 Å². The standard InChI is InChI=1S/C14H26N4OS/c1-11-9-18(10-12(2)17(11)3)14-16-8-13(20-14)7-15-5-6-19-4/h8,11-12,15H,5-7,9-10H2,1-4H3. The molecule has 1 fully saturated rings. The molecule has 1 aromatic rings. The van der Waals surface area contributed by atoms with Crippen molar-refractivity contribution >= 4 is 16.5 Å². The summed E-state index contributed by atoms with van der Waals surface area (Å²) >= 11 is 1.80. The summed E-state index contributed by atoms with van der Waals surface area (Å²) in [6.07, 6.45) is 1.99. The Hall–Kier alpha value is -0.690. The Balaban J connectivity index is 1.88. The van der Waals surface area contributed by atoms with Crippen molar-refractivity contribution in [2.45, 2.75) is 32.5 Å². The highest BCUT2D eigenvalue weighted by molar-refractivity contribution is 7.15. The zero-order valence-corrected chi connectivity index (χ0v) is 13.7. The number of hydrogen-bond donors (Lipinski definition) is 1. The minimum absolute atomic E-state index is 0.575. The number of thiazole rings is 1. The zero-order valence-electron chi connectivity index (χ0n) is 12.9. The van der Waals surface area contributed by atoms with Gasteiger partial charge in [0, 0.05) is 56.4 Å². The van der Waals surface area contributed by atoms with E-state index in [4.69, 9.17) is 4.74 Å². The molecule has 0 saturated carbocycles. The summed E-state index contributed by atoms with van der Waals surface area (Å²) in [4.78, 5) is 10.7. The minimum Gasteiger partial charge on any atom is -0.383 e. The molecule has 2 rings (SSSR count). The van der Waals surface area contributed by atoms with Crippen LogP contribution in [0.4, 0.5) is 5.13 Å². The van der Waals surface area contributed by atoms with Crippen molar-refractivity contribution in [3.8, 4) is 0 Å². The second kappa shape index (κ2) is 7.36. The van der Waals surface area contributed by atoms with Crippen molar-refractivity contribution in [1.82, 2.24) is 15.2 Å². The SMILES string of the molecule is COCCNCc1cnc(N2CC(C)N(C)C(C)C2)s1. The third-order valence-electron chi connectivity index (χ3n) is 3.95. The molecule has 1 N–H and O–H groups in total. The fourth-order valence-corrected chi connectivity index (χ4v) is 3.37. The van der Waals surface area contributed by atoms with E-state index in [2.05, 4.69) is 41.0 Å². The van der Waals surface area contributed by atoms with Crippen molar-refractivity contribution in [1.29, 1.82) is 0 Å². The molecule has 20 heavy (non-hydrogen) atoms. The molecule has 6 heteroatoms. The van der Waals surface area contributed by atoms with E-state index in [1.807, 2.05) is 6.20 Å². The maximum atomic E-state index is 5.03. The summed E-state index contributed by atoms with van der Waals surface area (Å²) < 4.78 is 5.03. The van der Waals surface area contributed by atoms with E-state index in [9.17, 15) is 0 Å². The second-order valence-electron chi connectivity index (χ2n) is 5.55. The average Bonchev–Trinajstić information content (AvgIpc) is 2.89. The lowest BCUT2D eigenvalue weighted by molar-refractivity contribution is 0.170. The molecule has 2 heterocycles. The lowest BCUT2D eigenvalue weighted by Crippen LogP contribution is -2.55. The number of nitrogens with one attached hydrogen (secondary N) is 1. The molecule has 2 unspecified atom stereocenters. The van der Waals surface area contributed by atoms with Crippen LogP contribution in [0, 0.1) is 0 Å². The number of ether oxygens (including phenoxy) is 1. The lowest BCUT2D eigenvalue weighted by Gasteiger charge is -2.42. The minimum atomic E-state index is 0.575. The highest BCUT2D eigenvalue weighted by atomic mass is 32.1. The van der Waals surface area contributed by atoms with E-state index in [1.165, 1.54) is 4.88 Å². The normalized spacial score (nSPS) is 24.3. The fourth-order valence-electron chi connectivity index (χ4n) is 2.47. The van der Waals surface area contributed by atoms with Crippen molar-refractivity contribution in [2.75, 3.05) is 45.3 Å². The molecule has 5 nitrogen and oxygen atoms in total. The molecule has 0 aliphatic carbocycles. The van der Waals surface area contributed by atoms with Gasteiger partial charge in [0.2, 0.25) is 0 Å². The van der Waals surface area contributed by atoms with Gasteiger partial charge in [-0.25, -0.2) is 4.98 Å². The van der Waals surface area contributed by atoms with Gasteiger partial charge in [0.25, 0.3) is 0 Å². The molecule has 0 radical (unpaired) electrons. The van der Waals surface area contributed by atoms with E-state index in [0.29, 0.717) is 12.1 Å². The Morgan fingerprint density at radius 1 is 1.40 bits per heavy atom. The number of methoxy groups -OCH3 is 1. The number of aromatic nitrogens is 1. The highest BCUT2D eigenvalue weighted by Gasteiger charge is 2.27. The summed E-state index contributed by atoms with van der Waals surface area (Å²) in [5, 5.41) is 4.52. The van der Waals surface area contributed by atoms with E-state index in [1.54, 1.807) is 18.4 Å². The van der Waals surface area contributed by atoms with Crippen LogP contribution in [0.2, 0.25) is 0 Å². The summed E-state index contributed by atoms with van der Waals surface area (Å²) in [5.41, 5.74) is 0. The van der Waals surface area contributed by atoms with E-state index < -0.39 is 0 Å². The fraction of sp³-hybridized carbons (Fsp3) is 0.786. The molecule has 114 valence electrons. The molecule has 0 bridgehead atoms. The molecule has 1 aliphatic heterocycles. The van der Waals surface area contributed by atoms with Crippen LogP contribution in [-0.4, -0.2) is 62.4 Å². The molecule has 1 aliphatic rings. The van der Waals surface area contributed by atoms with Gasteiger partial charge in [-0.05, 0) is 20.9 Å². The van der Waals surface area contributed by atoms with Crippen molar-refractivity contribution in [2.24, 2.45) is 0 Å². The van der Waals surface area contributed by atoms with Crippen molar-refractivity contribution < 1.29 is 4.74 Å². The molecular formula is C14H26N4OS. The predicted molar refractivity (Wildman–Crippen MR) is 84.6 cm³/mol. The van der Waals surface area contributed by atoms with Crippen LogP contribution in [0.1, 0.15) is 18.7 Å². The molecule has 1 aromatic heterocycles. The van der Waals surface area contributed by atoms with E-state index in [-0.39, 0.29) is 0 Å². The third kappa shape index (κ3) is 3.91. The average molecular weight is 298 g/mol. The first-order valence-corrected chi connectivity index (χ1v) is 8.04. The summed E-state index contributed by atoms with van der Waals surface area (Å²) in [6, 6.07) is 1.15. The number of anilines is 1. The number of hydrogen-bond acceptors (Lipinski definition) is 6. The first kappa shape index (κ1) is 15.7. The quantitative estimate of drug-likeness (QED) is 0.804. The Morgan fingerprint density at radius 3 is 2.75 bits per heavy atom. The molecule has 0 aromatic carbocycles. The number of nitrogens with zero attached hydrogens (tertiary/aromatic N) is 3. The number of rotatable bonds is 6. The summed E-state index contributed by atoms with van der Waals surface area (Å²) in [7, 11) is 3.93. The van der Waals surface area contributed by atoms with Crippen LogP contribution in [0.25, 0.3) is 0 Å². The van der Waals surface area contributed by atoms with Crippen LogP contribution < -0.4 is 10.2 Å². The van der Waals surface area contributed by atoms with Gasteiger partial charge in [0.05, 0.1) is 6.61 Å². The molecule has 0 amide bonds.